The molecule has 0 aliphatic rings. The fraction of sp³-hybridized carbons (Fsp3) is 0.0952. The SMILES string of the molecule is Cn1cc(-c2ccncc2)c(-c2ccc(OCc3ccccn3)cc2)n1. The minimum Gasteiger partial charge on any atom is -0.487 e. The maximum atomic E-state index is 5.81. The van der Waals surface area contributed by atoms with E-state index in [-0.39, 0.29) is 0 Å². The highest BCUT2D eigenvalue weighted by Crippen LogP contribution is 2.31. The van der Waals surface area contributed by atoms with Crippen molar-refractivity contribution in [3.05, 3.63) is 85.1 Å². The zero-order chi connectivity index (χ0) is 17.8. The smallest absolute Gasteiger partial charge is 0.130 e. The Labute approximate surface area is 151 Å². The summed E-state index contributed by atoms with van der Waals surface area (Å²) in [4.78, 5) is 8.35. The molecule has 3 heterocycles. The summed E-state index contributed by atoms with van der Waals surface area (Å²) in [5.41, 5.74) is 5.06. The van der Waals surface area contributed by atoms with Crippen LogP contribution in [0.5, 0.6) is 5.75 Å². The maximum absolute atomic E-state index is 5.81. The topological polar surface area (TPSA) is 52.8 Å². The van der Waals surface area contributed by atoms with Gasteiger partial charge in [0.05, 0.1) is 5.69 Å². The maximum Gasteiger partial charge on any atom is 0.130 e. The van der Waals surface area contributed by atoms with Crippen LogP contribution in [0.4, 0.5) is 0 Å². The number of aromatic nitrogens is 4. The normalized spacial score (nSPS) is 10.7. The first kappa shape index (κ1) is 16.0. The van der Waals surface area contributed by atoms with Crippen molar-refractivity contribution in [3.63, 3.8) is 0 Å². The van der Waals surface area contributed by atoms with Crippen molar-refractivity contribution in [2.45, 2.75) is 6.61 Å². The predicted octanol–water partition coefficient (Wildman–Crippen LogP) is 4.12. The minimum atomic E-state index is 0.450. The molecule has 5 heteroatoms. The molecule has 0 amide bonds. The molecule has 0 fully saturated rings. The number of hydrogen-bond donors (Lipinski definition) is 0. The van der Waals surface area contributed by atoms with Gasteiger partial charge in [-0.1, -0.05) is 6.07 Å². The highest BCUT2D eigenvalue weighted by molar-refractivity contribution is 5.80. The van der Waals surface area contributed by atoms with E-state index in [1.165, 1.54) is 0 Å². The Balaban J connectivity index is 1.56. The lowest BCUT2D eigenvalue weighted by Crippen LogP contribution is -1.97. The van der Waals surface area contributed by atoms with E-state index in [2.05, 4.69) is 15.1 Å². The first-order valence-corrected chi connectivity index (χ1v) is 8.37. The van der Waals surface area contributed by atoms with Crippen molar-refractivity contribution >= 4 is 0 Å². The standard InChI is InChI=1S/C21H18N4O/c1-25-14-20(16-9-12-22-13-10-16)21(24-25)17-5-7-19(8-6-17)26-15-18-4-2-3-11-23-18/h2-14H,15H2,1H3. The van der Waals surface area contributed by atoms with Crippen LogP contribution in [-0.2, 0) is 13.7 Å². The highest BCUT2D eigenvalue weighted by atomic mass is 16.5. The summed E-state index contributed by atoms with van der Waals surface area (Å²) >= 11 is 0. The van der Waals surface area contributed by atoms with E-state index in [1.54, 1.807) is 18.6 Å². The zero-order valence-electron chi connectivity index (χ0n) is 14.4. The van der Waals surface area contributed by atoms with Gasteiger partial charge >= 0.3 is 0 Å². The third-order valence-corrected chi connectivity index (χ3v) is 4.06. The Morgan fingerprint density at radius 2 is 1.69 bits per heavy atom. The second kappa shape index (κ2) is 7.19. The zero-order valence-corrected chi connectivity index (χ0v) is 14.4. The molecule has 0 saturated heterocycles. The second-order valence-electron chi connectivity index (χ2n) is 5.94. The van der Waals surface area contributed by atoms with Gasteiger partial charge in [0.25, 0.3) is 0 Å². The van der Waals surface area contributed by atoms with Gasteiger partial charge in [0, 0.05) is 43.0 Å². The molecule has 4 rings (SSSR count). The first-order valence-electron chi connectivity index (χ1n) is 8.37. The van der Waals surface area contributed by atoms with Crippen LogP contribution in [0, 0.1) is 0 Å². The molecule has 1 aromatic carbocycles. The van der Waals surface area contributed by atoms with Gasteiger partial charge in [-0.25, -0.2) is 0 Å². The van der Waals surface area contributed by atoms with Gasteiger partial charge in [-0.2, -0.15) is 5.10 Å². The molecule has 0 atom stereocenters. The lowest BCUT2D eigenvalue weighted by Gasteiger charge is -2.07. The van der Waals surface area contributed by atoms with E-state index in [0.717, 1.165) is 33.8 Å². The van der Waals surface area contributed by atoms with Crippen molar-refractivity contribution in [2.75, 3.05) is 0 Å². The van der Waals surface area contributed by atoms with E-state index >= 15 is 0 Å². The molecule has 0 saturated carbocycles. The molecular weight excluding hydrogens is 324 g/mol. The molecular formula is C21H18N4O. The summed E-state index contributed by atoms with van der Waals surface area (Å²) in [5.74, 6) is 0.806. The first-order chi connectivity index (χ1) is 12.8. The molecule has 0 N–H and O–H groups in total. The predicted molar refractivity (Wildman–Crippen MR) is 100 cm³/mol. The Hall–Kier alpha value is -3.47. The third kappa shape index (κ3) is 3.47. The van der Waals surface area contributed by atoms with Gasteiger partial charge in [0.2, 0.25) is 0 Å². The molecule has 0 unspecified atom stereocenters. The third-order valence-electron chi connectivity index (χ3n) is 4.06. The lowest BCUT2D eigenvalue weighted by molar-refractivity contribution is 0.301. The molecule has 26 heavy (non-hydrogen) atoms. The number of pyridine rings is 2. The van der Waals surface area contributed by atoms with Crippen molar-refractivity contribution in [1.82, 2.24) is 19.7 Å². The van der Waals surface area contributed by atoms with Crippen molar-refractivity contribution in [2.24, 2.45) is 7.05 Å². The van der Waals surface area contributed by atoms with Crippen LogP contribution in [0.15, 0.2) is 79.4 Å². The lowest BCUT2D eigenvalue weighted by atomic mass is 10.0. The molecule has 3 aromatic heterocycles. The number of aryl methyl sites for hydroxylation is 1. The van der Waals surface area contributed by atoms with Crippen LogP contribution in [0.2, 0.25) is 0 Å². The number of ether oxygens (including phenoxy) is 1. The van der Waals surface area contributed by atoms with Gasteiger partial charge in [-0.3, -0.25) is 14.6 Å². The van der Waals surface area contributed by atoms with E-state index in [9.17, 15) is 0 Å². The van der Waals surface area contributed by atoms with Gasteiger partial charge in [0.1, 0.15) is 18.1 Å². The number of hydrogen-bond acceptors (Lipinski definition) is 4. The van der Waals surface area contributed by atoms with Crippen molar-refractivity contribution < 1.29 is 4.74 Å². The minimum absolute atomic E-state index is 0.450. The summed E-state index contributed by atoms with van der Waals surface area (Å²) in [6, 6.07) is 17.8. The summed E-state index contributed by atoms with van der Waals surface area (Å²) in [6.45, 7) is 0.450. The largest absolute Gasteiger partial charge is 0.487 e. The Morgan fingerprint density at radius 1 is 0.885 bits per heavy atom. The average Bonchev–Trinajstić information content (AvgIpc) is 3.10. The molecule has 128 valence electrons. The van der Waals surface area contributed by atoms with E-state index in [0.29, 0.717) is 6.61 Å². The number of benzene rings is 1. The molecule has 0 radical (unpaired) electrons. The Kier molecular flexibility index (Phi) is 4.43. The Morgan fingerprint density at radius 3 is 2.42 bits per heavy atom. The van der Waals surface area contributed by atoms with Crippen molar-refractivity contribution in [3.8, 4) is 28.1 Å². The van der Waals surface area contributed by atoms with Gasteiger partial charge in [0.15, 0.2) is 0 Å². The van der Waals surface area contributed by atoms with Crippen LogP contribution in [0.1, 0.15) is 5.69 Å². The van der Waals surface area contributed by atoms with Gasteiger partial charge < -0.3 is 4.74 Å². The summed E-state index contributed by atoms with van der Waals surface area (Å²) in [5, 5.41) is 4.63. The molecule has 0 spiro atoms. The van der Waals surface area contributed by atoms with E-state index < -0.39 is 0 Å². The summed E-state index contributed by atoms with van der Waals surface area (Å²) in [6.07, 6.45) is 7.38. The van der Waals surface area contributed by atoms with E-state index in [4.69, 9.17) is 4.74 Å². The quantitative estimate of drug-likeness (QED) is 0.547. The average molecular weight is 342 g/mol. The van der Waals surface area contributed by atoms with Crippen LogP contribution >= 0.6 is 0 Å². The van der Waals surface area contributed by atoms with Crippen LogP contribution in [-0.4, -0.2) is 19.7 Å². The van der Waals surface area contributed by atoms with Crippen LogP contribution in [0.3, 0.4) is 0 Å². The monoisotopic (exact) mass is 342 g/mol. The Bertz CT molecular complexity index is 980. The molecule has 5 nitrogen and oxygen atoms in total. The molecule has 0 aliphatic heterocycles. The molecule has 4 aromatic rings. The highest BCUT2D eigenvalue weighted by Gasteiger charge is 2.12. The number of rotatable bonds is 5. The summed E-state index contributed by atoms with van der Waals surface area (Å²) < 4.78 is 7.64. The van der Waals surface area contributed by atoms with Crippen LogP contribution < -0.4 is 4.74 Å². The van der Waals surface area contributed by atoms with Crippen molar-refractivity contribution in [1.29, 1.82) is 0 Å². The second-order valence-corrected chi connectivity index (χ2v) is 5.94. The molecule has 0 aliphatic carbocycles. The number of nitrogens with zero attached hydrogens (tertiary/aromatic N) is 4. The van der Waals surface area contributed by atoms with Gasteiger partial charge in [-0.15, -0.1) is 0 Å². The van der Waals surface area contributed by atoms with Gasteiger partial charge in [-0.05, 0) is 54.1 Å². The fourth-order valence-electron chi connectivity index (χ4n) is 2.79. The molecule has 0 bridgehead atoms. The van der Waals surface area contributed by atoms with Crippen LogP contribution in [0.25, 0.3) is 22.4 Å². The fourth-order valence-corrected chi connectivity index (χ4v) is 2.79. The summed E-state index contributed by atoms with van der Waals surface area (Å²) in [7, 11) is 1.93. The van der Waals surface area contributed by atoms with E-state index in [1.807, 2.05) is 72.5 Å².